The van der Waals surface area contributed by atoms with Crippen LogP contribution in [0, 0.1) is 0 Å². The highest BCUT2D eigenvalue weighted by molar-refractivity contribution is 9.10. The highest BCUT2D eigenvalue weighted by Crippen LogP contribution is 2.22. The maximum absolute atomic E-state index is 12.3. The minimum Gasteiger partial charge on any atom is -0.343 e. The summed E-state index contributed by atoms with van der Waals surface area (Å²) in [5.74, 6) is 0.678. The minimum absolute atomic E-state index is 0.0571. The molecule has 0 fully saturated rings. The molecule has 2 aromatic carbocycles. The predicted octanol–water partition coefficient (Wildman–Crippen LogP) is 4.73. The second-order valence-electron chi connectivity index (χ2n) is 7.03. The molecule has 0 spiro atoms. The van der Waals surface area contributed by atoms with Gasteiger partial charge < -0.3 is 9.84 Å². The van der Waals surface area contributed by atoms with Gasteiger partial charge in [0.15, 0.2) is 0 Å². The zero-order valence-corrected chi connectivity index (χ0v) is 16.5. The summed E-state index contributed by atoms with van der Waals surface area (Å²) in [6.07, 6.45) is 0. The topological polar surface area (TPSA) is 68.0 Å². The van der Waals surface area contributed by atoms with Gasteiger partial charge in [-0.1, -0.05) is 66.1 Å². The first-order chi connectivity index (χ1) is 12.3. The van der Waals surface area contributed by atoms with Gasteiger partial charge in [-0.25, -0.2) is 0 Å². The number of rotatable bonds is 4. The van der Waals surface area contributed by atoms with E-state index in [4.69, 9.17) is 4.52 Å². The van der Waals surface area contributed by atoms with Crippen LogP contribution in [0.2, 0.25) is 0 Å². The van der Waals surface area contributed by atoms with Crippen LogP contribution in [-0.2, 0) is 12.0 Å². The van der Waals surface area contributed by atoms with Crippen molar-refractivity contribution in [1.29, 1.82) is 0 Å². The molecule has 3 rings (SSSR count). The lowest BCUT2D eigenvalue weighted by molar-refractivity contribution is 0.0946. The summed E-state index contributed by atoms with van der Waals surface area (Å²) in [4.78, 5) is 16.6. The van der Waals surface area contributed by atoms with Gasteiger partial charge in [-0.15, -0.1) is 0 Å². The molecular weight excluding hydrogens is 394 g/mol. The number of benzene rings is 2. The van der Waals surface area contributed by atoms with Crippen LogP contribution >= 0.6 is 15.9 Å². The van der Waals surface area contributed by atoms with Gasteiger partial charge in [-0.3, -0.25) is 4.79 Å². The van der Waals surface area contributed by atoms with E-state index in [2.05, 4.69) is 52.2 Å². The first-order valence-corrected chi connectivity index (χ1v) is 9.09. The van der Waals surface area contributed by atoms with Gasteiger partial charge in [0, 0.05) is 15.6 Å². The third-order valence-corrected chi connectivity index (χ3v) is 4.46. The summed E-state index contributed by atoms with van der Waals surface area (Å²) in [5, 5.41) is 6.76. The SMILES string of the molecule is CC(C)(C)c1ccc(C(=O)NCc2nc(-c3cccc(Br)c3)no2)cc1. The molecular formula is C20H20BrN3O2. The number of carbonyl (C=O) groups is 1. The molecule has 1 heterocycles. The fourth-order valence-electron chi connectivity index (χ4n) is 2.45. The monoisotopic (exact) mass is 413 g/mol. The average Bonchev–Trinajstić information content (AvgIpc) is 3.08. The van der Waals surface area contributed by atoms with Crippen LogP contribution in [0.5, 0.6) is 0 Å². The summed E-state index contributed by atoms with van der Waals surface area (Å²) in [6.45, 7) is 6.60. The van der Waals surface area contributed by atoms with E-state index in [0.717, 1.165) is 10.0 Å². The van der Waals surface area contributed by atoms with Crippen molar-refractivity contribution in [3.05, 3.63) is 70.0 Å². The van der Waals surface area contributed by atoms with Gasteiger partial charge in [0.25, 0.3) is 5.91 Å². The van der Waals surface area contributed by atoms with Crippen molar-refractivity contribution >= 4 is 21.8 Å². The van der Waals surface area contributed by atoms with Crippen LogP contribution in [0.25, 0.3) is 11.4 Å². The summed E-state index contributed by atoms with van der Waals surface area (Å²) in [7, 11) is 0. The van der Waals surface area contributed by atoms with Crippen molar-refractivity contribution in [2.75, 3.05) is 0 Å². The zero-order chi connectivity index (χ0) is 18.7. The quantitative estimate of drug-likeness (QED) is 0.671. The summed E-state index contributed by atoms with van der Waals surface area (Å²) in [5.41, 5.74) is 2.69. The van der Waals surface area contributed by atoms with Crippen molar-refractivity contribution in [1.82, 2.24) is 15.5 Å². The van der Waals surface area contributed by atoms with Gasteiger partial charge in [0.2, 0.25) is 11.7 Å². The molecule has 134 valence electrons. The summed E-state index contributed by atoms with van der Waals surface area (Å²) in [6, 6.07) is 15.3. The third-order valence-electron chi connectivity index (χ3n) is 3.96. The van der Waals surface area contributed by atoms with Gasteiger partial charge in [-0.05, 0) is 35.2 Å². The fraction of sp³-hybridized carbons (Fsp3) is 0.250. The summed E-state index contributed by atoms with van der Waals surface area (Å²) < 4.78 is 6.16. The number of carbonyl (C=O) groups excluding carboxylic acids is 1. The Balaban J connectivity index is 1.63. The Kier molecular flexibility index (Phi) is 5.23. The zero-order valence-electron chi connectivity index (χ0n) is 14.9. The van der Waals surface area contributed by atoms with Crippen LogP contribution in [0.3, 0.4) is 0 Å². The number of hydrogen-bond donors (Lipinski definition) is 1. The molecule has 0 atom stereocenters. The van der Waals surface area contributed by atoms with E-state index >= 15 is 0 Å². The molecule has 0 aliphatic rings. The van der Waals surface area contributed by atoms with Gasteiger partial charge in [-0.2, -0.15) is 4.98 Å². The Morgan fingerprint density at radius 2 is 1.88 bits per heavy atom. The highest BCUT2D eigenvalue weighted by Gasteiger charge is 2.15. The van der Waals surface area contributed by atoms with Crippen LogP contribution in [0.4, 0.5) is 0 Å². The molecule has 0 unspecified atom stereocenters. The predicted molar refractivity (Wildman–Crippen MR) is 104 cm³/mol. The van der Waals surface area contributed by atoms with Crippen LogP contribution in [0.15, 0.2) is 57.5 Å². The van der Waals surface area contributed by atoms with Crippen LogP contribution < -0.4 is 5.32 Å². The van der Waals surface area contributed by atoms with E-state index in [-0.39, 0.29) is 17.9 Å². The Labute approximate surface area is 160 Å². The molecule has 3 aromatic rings. The van der Waals surface area contributed by atoms with Crippen molar-refractivity contribution in [2.24, 2.45) is 0 Å². The largest absolute Gasteiger partial charge is 0.343 e. The van der Waals surface area contributed by atoms with Crippen molar-refractivity contribution in [2.45, 2.75) is 32.7 Å². The lowest BCUT2D eigenvalue weighted by Gasteiger charge is -2.18. The molecule has 0 saturated carbocycles. The lowest BCUT2D eigenvalue weighted by Crippen LogP contribution is -2.23. The Bertz CT molecular complexity index is 911. The number of nitrogens with one attached hydrogen (secondary N) is 1. The summed E-state index contributed by atoms with van der Waals surface area (Å²) >= 11 is 3.42. The normalized spacial score (nSPS) is 11.4. The number of halogens is 1. The molecule has 1 amide bonds. The van der Waals surface area contributed by atoms with Gasteiger partial charge in [0.05, 0.1) is 6.54 Å². The number of amides is 1. The smallest absolute Gasteiger partial charge is 0.251 e. The maximum atomic E-state index is 12.3. The first-order valence-electron chi connectivity index (χ1n) is 8.30. The second-order valence-corrected chi connectivity index (χ2v) is 7.95. The maximum Gasteiger partial charge on any atom is 0.251 e. The van der Waals surface area contributed by atoms with Gasteiger partial charge >= 0.3 is 0 Å². The standard InChI is InChI=1S/C20H20BrN3O2/c1-20(2,3)15-9-7-13(8-10-15)19(25)22-12-17-23-18(24-26-17)14-5-4-6-16(21)11-14/h4-11H,12H2,1-3H3,(H,22,25). The van der Waals surface area contributed by atoms with Crippen molar-refractivity contribution < 1.29 is 9.32 Å². The van der Waals surface area contributed by atoms with E-state index in [1.54, 1.807) is 0 Å². The number of aromatic nitrogens is 2. The first kappa shape index (κ1) is 18.3. The van der Waals surface area contributed by atoms with Crippen molar-refractivity contribution in [3.8, 4) is 11.4 Å². The number of nitrogens with zero attached hydrogens (tertiary/aromatic N) is 2. The molecule has 0 aliphatic carbocycles. The van der Waals surface area contributed by atoms with E-state index in [0.29, 0.717) is 17.3 Å². The van der Waals surface area contributed by atoms with E-state index in [1.807, 2.05) is 48.5 Å². The average molecular weight is 414 g/mol. The van der Waals surface area contributed by atoms with Gasteiger partial charge in [0.1, 0.15) is 0 Å². The molecule has 0 aliphatic heterocycles. The van der Waals surface area contributed by atoms with E-state index in [1.165, 1.54) is 5.56 Å². The molecule has 0 saturated heterocycles. The molecule has 6 heteroatoms. The molecule has 1 N–H and O–H groups in total. The lowest BCUT2D eigenvalue weighted by atomic mass is 9.87. The van der Waals surface area contributed by atoms with Crippen LogP contribution in [-0.4, -0.2) is 16.0 Å². The molecule has 0 bridgehead atoms. The molecule has 0 radical (unpaired) electrons. The minimum atomic E-state index is -0.173. The van der Waals surface area contributed by atoms with Crippen molar-refractivity contribution in [3.63, 3.8) is 0 Å². The van der Waals surface area contributed by atoms with Crippen LogP contribution in [0.1, 0.15) is 42.6 Å². The van der Waals surface area contributed by atoms with E-state index in [9.17, 15) is 4.79 Å². The molecule has 26 heavy (non-hydrogen) atoms. The Hall–Kier alpha value is -2.47. The Morgan fingerprint density at radius 3 is 2.54 bits per heavy atom. The molecule has 1 aromatic heterocycles. The second kappa shape index (κ2) is 7.41. The number of hydrogen-bond acceptors (Lipinski definition) is 4. The highest BCUT2D eigenvalue weighted by atomic mass is 79.9. The third kappa shape index (κ3) is 4.38. The van der Waals surface area contributed by atoms with E-state index < -0.39 is 0 Å². The molecule has 5 nitrogen and oxygen atoms in total. The fourth-order valence-corrected chi connectivity index (χ4v) is 2.85. The Morgan fingerprint density at radius 1 is 1.15 bits per heavy atom.